The molecule has 1 aromatic carbocycles. The second-order valence-corrected chi connectivity index (χ2v) is 4.87. The van der Waals surface area contributed by atoms with Gasteiger partial charge in [0.15, 0.2) is 5.82 Å². The van der Waals surface area contributed by atoms with Gasteiger partial charge in [0, 0.05) is 5.69 Å². The SMILES string of the molecule is CC(C)c1ccccc1Nc1nc(C(N)=O)ccc1N. The Morgan fingerprint density at radius 2 is 1.90 bits per heavy atom. The van der Waals surface area contributed by atoms with Crippen LogP contribution in [0.15, 0.2) is 36.4 Å². The van der Waals surface area contributed by atoms with Gasteiger partial charge >= 0.3 is 0 Å². The van der Waals surface area contributed by atoms with Gasteiger partial charge in [0.25, 0.3) is 5.91 Å². The summed E-state index contributed by atoms with van der Waals surface area (Å²) < 4.78 is 0. The van der Waals surface area contributed by atoms with Gasteiger partial charge < -0.3 is 16.8 Å². The van der Waals surface area contributed by atoms with Gasteiger partial charge in [0.05, 0.1) is 5.69 Å². The zero-order chi connectivity index (χ0) is 14.7. The van der Waals surface area contributed by atoms with E-state index in [1.807, 2.05) is 24.3 Å². The average Bonchev–Trinajstić information content (AvgIpc) is 2.41. The summed E-state index contributed by atoms with van der Waals surface area (Å²) >= 11 is 0. The molecule has 2 rings (SSSR count). The smallest absolute Gasteiger partial charge is 0.267 e. The van der Waals surface area contributed by atoms with Crippen molar-refractivity contribution in [2.75, 3.05) is 11.1 Å². The molecule has 0 bridgehead atoms. The van der Waals surface area contributed by atoms with E-state index in [0.29, 0.717) is 17.4 Å². The molecule has 5 N–H and O–H groups in total. The molecule has 0 aliphatic rings. The van der Waals surface area contributed by atoms with Crippen LogP contribution in [0.5, 0.6) is 0 Å². The van der Waals surface area contributed by atoms with Crippen LogP contribution < -0.4 is 16.8 Å². The highest BCUT2D eigenvalue weighted by Gasteiger charge is 2.10. The van der Waals surface area contributed by atoms with E-state index in [-0.39, 0.29) is 5.69 Å². The number of nitrogen functional groups attached to an aromatic ring is 1. The standard InChI is InChI=1S/C15H18N4O/c1-9(2)10-5-3-4-6-12(10)18-15-11(16)7-8-13(19-15)14(17)20/h3-9H,16H2,1-2H3,(H2,17,20)(H,18,19). The second kappa shape index (κ2) is 5.61. The van der Waals surface area contributed by atoms with E-state index < -0.39 is 5.91 Å². The number of benzene rings is 1. The first-order valence-corrected chi connectivity index (χ1v) is 6.41. The molecular weight excluding hydrogens is 252 g/mol. The van der Waals surface area contributed by atoms with Gasteiger partial charge in [-0.2, -0.15) is 0 Å². The van der Waals surface area contributed by atoms with Crippen molar-refractivity contribution in [2.45, 2.75) is 19.8 Å². The molecule has 0 unspecified atom stereocenters. The van der Waals surface area contributed by atoms with Crippen LogP contribution in [0.25, 0.3) is 0 Å². The third kappa shape index (κ3) is 2.88. The van der Waals surface area contributed by atoms with Gasteiger partial charge in [-0.1, -0.05) is 32.0 Å². The lowest BCUT2D eigenvalue weighted by Gasteiger charge is -2.15. The zero-order valence-electron chi connectivity index (χ0n) is 11.6. The first-order chi connectivity index (χ1) is 9.49. The third-order valence-corrected chi connectivity index (χ3v) is 3.01. The highest BCUT2D eigenvalue weighted by atomic mass is 16.1. The Kier molecular flexibility index (Phi) is 3.89. The molecule has 0 radical (unpaired) electrons. The van der Waals surface area contributed by atoms with Crippen LogP contribution in [0.2, 0.25) is 0 Å². The minimum atomic E-state index is -0.579. The number of amides is 1. The largest absolute Gasteiger partial charge is 0.396 e. The molecule has 20 heavy (non-hydrogen) atoms. The molecule has 0 fully saturated rings. The van der Waals surface area contributed by atoms with Crippen LogP contribution in [0.1, 0.15) is 35.8 Å². The highest BCUT2D eigenvalue weighted by molar-refractivity contribution is 5.92. The number of aromatic nitrogens is 1. The molecule has 1 aromatic heterocycles. The molecule has 0 atom stereocenters. The van der Waals surface area contributed by atoms with E-state index in [4.69, 9.17) is 11.5 Å². The number of rotatable bonds is 4. The molecule has 1 amide bonds. The third-order valence-electron chi connectivity index (χ3n) is 3.01. The van der Waals surface area contributed by atoms with Crippen LogP contribution in [-0.2, 0) is 0 Å². The monoisotopic (exact) mass is 270 g/mol. The van der Waals surface area contributed by atoms with Crippen molar-refractivity contribution in [3.8, 4) is 0 Å². The number of nitrogens with zero attached hydrogens (tertiary/aromatic N) is 1. The first-order valence-electron chi connectivity index (χ1n) is 6.41. The summed E-state index contributed by atoms with van der Waals surface area (Å²) in [4.78, 5) is 15.3. The van der Waals surface area contributed by atoms with Crippen molar-refractivity contribution in [1.82, 2.24) is 4.98 Å². The Labute approximate surface area is 118 Å². The Balaban J connectivity index is 2.40. The predicted octanol–water partition coefficient (Wildman–Crippen LogP) is 2.63. The van der Waals surface area contributed by atoms with Crippen LogP contribution in [0.3, 0.4) is 0 Å². The first kappa shape index (κ1) is 13.9. The zero-order valence-corrected chi connectivity index (χ0v) is 11.6. The van der Waals surface area contributed by atoms with Crippen molar-refractivity contribution in [3.63, 3.8) is 0 Å². The lowest BCUT2D eigenvalue weighted by molar-refractivity contribution is 0.0996. The average molecular weight is 270 g/mol. The molecule has 0 aliphatic carbocycles. The number of hydrogen-bond donors (Lipinski definition) is 3. The second-order valence-electron chi connectivity index (χ2n) is 4.87. The number of hydrogen-bond acceptors (Lipinski definition) is 4. The van der Waals surface area contributed by atoms with Crippen molar-refractivity contribution >= 4 is 23.1 Å². The molecule has 104 valence electrons. The number of anilines is 3. The number of nitrogens with two attached hydrogens (primary N) is 2. The van der Waals surface area contributed by atoms with Crippen LogP contribution >= 0.6 is 0 Å². The number of nitrogens with one attached hydrogen (secondary N) is 1. The fourth-order valence-electron chi connectivity index (χ4n) is 1.95. The minimum Gasteiger partial charge on any atom is -0.396 e. The molecule has 0 saturated heterocycles. The van der Waals surface area contributed by atoms with Crippen molar-refractivity contribution in [2.24, 2.45) is 5.73 Å². The van der Waals surface area contributed by atoms with Gasteiger partial charge in [-0.05, 0) is 29.7 Å². The molecule has 0 spiro atoms. The van der Waals surface area contributed by atoms with E-state index in [2.05, 4.69) is 24.1 Å². The van der Waals surface area contributed by atoms with E-state index in [1.54, 1.807) is 6.07 Å². The number of pyridine rings is 1. The van der Waals surface area contributed by atoms with Gasteiger partial charge in [-0.15, -0.1) is 0 Å². The molecule has 0 aliphatic heterocycles. The minimum absolute atomic E-state index is 0.184. The molecule has 2 aromatic rings. The van der Waals surface area contributed by atoms with E-state index in [1.165, 1.54) is 6.07 Å². The maximum absolute atomic E-state index is 11.2. The fraction of sp³-hybridized carbons (Fsp3) is 0.200. The normalized spacial score (nSPS) is 10.6. The molecule has 5 heteroatoms. The number of carbonyl (C=O) groups excluding carboxylic acids is 1. The molecule has 1 heterocycles. The summed E-state index contributed by atoms with van der Waals surface area (Å²) in [7, 11) is 0. The molecule has 0 saturated carbocycles. The van der Waals surface area contributed by atoms with E-state index in [9.17, 15) is 4.79 Å². The van der Waals surface area contributed by atoms with E-state index in [0.717, 1.165) is 11.3 Å². The van der Waals surface area contributed by atoms with Crippen LogP contribution in [0.4, 0.5) is 17.2 Å². The topological polar surface area (TPSA) is 94.0 Å². The summed E-state index contributed by atoms with van der Waals surface area (Å²) in [6.07, 6.45) is 0. The summed E-state index contributed by atoms with van der Waals surface area (Å²) in [6, 6.07) is 11.0. The van der Waals surface area contributed by atoms with Gasteiger partial charge in [0.1, 0.15) is 5.69 Å². The Bertz CT molecular complexity index is 638. The summed E-state index contributed by atoms with van der Waals surface area (Å²) in [5, 5.41) is 3.17. The Morgan fingerprint density at radius 1 is 1.20 bits per heavy atom. The summed E-state index contributed by atoms with van der Waals surface area (Å²) in [6.45, 7) is 4.22. The summed E-state index contributed by atoms with van der Waals surface area (Å²) in [5.74, 6) is 0.221. The van der Waals surface area contributed by atoms with Crippen LogP contribution in [0, 0.1) is 0 Å². The molecular formula is C15H18N4O. The summed E-state index contributed by atoms with van der Waals surface area (Å²) in [5.41, 5.74) is 13.8. The van der Waals surface area contributed by atoms with Gasteiger partial charge in [-0.25, -0.2) is 4.98 Å². The van der Waals surface area contributed by atoms with Crippen molar-refractivity contribution in [1.29, 1.82) is 0 Å². The number of para-hydroxylation sites is 1. The Morgan fingerprint density at radius 3 is 2.55 bits per heavy atom. The van der Waals surface area contributed by atoms with E-state index >= 15 is 0 Å². The van der Waals surface area contributed by atoms with Gasteiger partial charge in [0.2, 0.25) is 0 Å². The van der Waals surface area contributed by atoms with Gasteiger partial charge in [-0.3, -0.25) is 4.79 Å². The maximum atomic E-state index is 11.2. The number of carbonyl (C=O) groups is 1. The fourth-order valence-corrected chi connectivity index (χ4v) is 1.95. The number of primary amides is 1. The Hall–Kier alpha value is -2.56. The van der Waals surface area contributed by atoms with Crippen LogP contribution in [-0.4, -0.2) is 10.9 Å². The highest BCUT2D eigenvalue weighted by Crippen LogP contribution is 2.28. The quantitative estimate of drug-likeness (QED) is 0.796. The maximum Gasteiger partial charge on any atom is 0.267 e. The lowest BCUT2D eigenvalue weighted by atomic mass is 10.0. The van der Waals surface area contributed by atoms with Crippen molar-refractivity contribution in [3.05, 3.63) is 47.7 Å². The van der Waals surface area contributed by atoms with Crippen molar-refractivity contribution < 1.29 is 4.79 Å². The lowest BCUT2D eigenvalue weighted by Crippen LogP contribution is -2.14. The predicted molar refractivity (Wildman–Crippen MR) is 81.0 cm³/mol. The molecule has 5 nitrogen and oxygen atoms in total.